The minimum Gasteiger partial charge on any atom is -0.480 e. The van der Waals surface area contributed by atoms with E-state index in [0.29, 0.717) is 0 Å². The maximum atomic E-state index is 11.3. The van der Waals surface area contributed by atoms with Crippen molar-refractivity contribution in [3.8, 4) is 0 Å². The molecule has 0 radical (unpaired) electrons. The van der Waals surface area contributed by atoms with Gasteiger partial charge in [0.25, 0.3) is 0 Å². The Balaban J connectivity index is 1.75. The van der Waals surface area contributed by atoms with E-state index in [4.69, 9.17) is 0 Å². The molecule has 4 heteroatoms. The van der Waals surface area contributed by atoms with Crippen LogP contribution < -0.4 is 5.32 Å². The molecule has 0 bridgehead atoms. The van der Waals surface area contributed by atoms with E-state index in [1.165, 1.54) is 12.8 Å². The van der Waals surface area contributed by atoms with Crippen LogP contribution in [-0.4, -0.2) is 47.7 Å². The Kier molecular flexibility index (Phi) is 3.50. The van der Waals surface area contributed by atoms with Gasteiger partial charge in [-0.2, -0.15) is 0 Å². The summed E-state index contributed by atoms with van der Waals surface area (Å²) in [5, 5.41) is 12.5. The van der Waals surface area contributed by atoms with Crippen LogP contribution in [0, 0.1) is 0 Å². The van der Waals surface area contributed by atoms with E-state index in [1.54, 1.807) is 0 Å². The highest BCUT2D eigenvalue weighted by Crippen LogP contribution is 2.30. The van der Waals surface area contributed by atoms with Crippen LogP contribution >= 0.6 is 0 Å². The summed E-state index contributed by atoms with van der Waals surface area (Å²) in [7, 11) is 2.13. The Morgan fingerprint density at radius 3 is 2.56 bits per heavy atom. The number of carboxylic acid groups (broad SMARTS) is 1. The van der Waals surface area contributed by atoms with Gasteiger partial charge >= 0.3 is 5.97 Å². The molecule has 0 amide bonds. The van der Waals surface area contributed by atoms with Crippen molar-refractivity contribution in [3.05, 3.63) is 0 Å². The molecule has 0 heterocycles. The first kappa shape index (κ1) is 11.9. The van der Waals surface area contributed by atoms with E-state index in [9.17, 15) is 9.90 Å². The summed E-state index contributed by atoms with van der Waals surface area (Å²) in [5.41, 5.74) is -0.621. The second-order valence-corrected chi connectivity index (χ2v) is 5.23. The molecule has 0 unspecified atom stereocenters. The van der Waals surface area contributed by atoms with Crippen molar-refractivity contribution in [2.45, 2.75) is 50.1 Å². The third-order valence-electron chi connectivity index (χ3n) is 3.96. The molecule has 0 saturated heterocycles. The van der Waals surface area contributed by atoms with Gasteiger partial charge in [-0.25, -0.2) is 0 Å². The molecule has 0 aromatic carbocycles. The van der Waals surface area contributed by atoms with E-state index >= 15 is 0 Å². The Labute approximate surface area is 97.0 Å². The van der Waals surface area contributed by atoms with Gasteiger partial charge in [0.15, 0.2) is 0 Å². The van der Waals surface area contributed by atoms with Gasteiger partial charge in [0, 0.05) is 19.1 Å². The van der Waals surface area contributed by atoms with Crippen molar-refractivity contribution in [2.75, 3.05) is 20.1 Å². The average Bonchev–Trinajstić information content (AvgIpc) is 2.99. The van der Waals surface area contributed by atoms with Gasteiger partial charge < -0.3 is 15.3 Å². The number of aliphatic carboxylic acids is 1. The van der Waals surface area contributed by atoms with Gasteiger partial charge in [0.1, 0.15) is 5.54 Å². The zero-order chi connectivity index (χ0) is 11.6. The number of rotatable bonds is 6. The fraction of sp³-hybridized carbons (Fsp3) is 0.917. The van der Waals surface area contributed by atoms with Crippen molar-refractivity contribution < 1.29 is 9.90 Å². The Morgan fingerprint density at radius 1 is 1.44 bits per heavy atom. The highest BCUT2D eigenvalue weighted by atomic mass is 16.4. The summed E-state index contributed by atoms with van der Waals surface area (Å²) in [5.74, 6) is -0.668. The number of nitrogens with zero attached hydrogens (tertiary/aromatic N) is 1. The summed E-state index contributed by atoms with van der Waals surface area (Å²) in [6.45, 7) is 1.75. The quantitative estimate of drug-likeness (QED) is 0.711. The lowest BCUT2D eigenvalue weighted by molar-refractivity contribution is -0.144. The summed E-state index contributed by atoms with van der Waals surface area (Å²) >= 11 is 0. The van der Waals surface area contributed by atoms with Crippen molar-refractivity contribution in [2.24, 2.45) is 0 Å². The van der Waals surface area contributed by atoms with Gasteiger partial charge in [0.2, 0.25) is 0 Å². The smallest absolute Gasteiger partial charge is 0.323 e. The largest absolute Gasteiger partial charge is 0.480 e. The SMILES string of the molecule is CN(CCNC1(C(=O)O)CCCC1)C1CC1. The molecule has 2 fully saturated rings. The molecule has 2 aliphatic rings. The van der Waals surface area contributed by atoms with Gasteiger partial charge in [-0.05, 0) is 32.7 Å². The van der Waals surface area contributed by atoms with Crippen molar-refractivity contribution in [1.82, 2.24) is 10.2 Å². The molecule has 0 aliphatic heterocycles. The van der Waals surface area contributed by atoms with Crippen molar-refractivity contribution in [1.29, 1.82) is 0 Å². The topological polar surface area (TPSA) is 52.6 Å². The van der Waals surface area contributed by atoms with Crippen LogP contribution in [0.5, 0.6) is 0 Å². The standard InChI is InChI=1S/C12H22N2O2/c1-14(10-4-5-10)9-8-13-12(11(15)16)6-2-3-7-12/h10,13H,2-9H2,1H3,(H,15,16). The molecular weight excluding hydrogens is 204 g/mol. The number of carboxylic acids is 1. The third-order valence-corrected chi connectivity index (χ3v) is 3.96. The second kappa shape index (κ2) is 4.72. The first-order chi connectivity index (χ1) is 7.64. The molecule has 0 atom stereocenters. The predicted octanol–water partition coefficient (Wildman–Crippen LogP) is 1.07. The Bertz CT molecular complexity index is 258. The van der Waals surface area contributed by atoms with Gasteiger partial charge in [-0.3, -0.25) is 4.79 Å². The van der Waals surface area contributed by atoms with Crippen LogP contribution in [0.3, 0.4) is 0 Å². The van der Waals surface area contributed by atoms with E-state index in [0.717, 1.165) is 44.8 Å². The molecular formula is C12H22N2O2. The monoisotopic (exact) mass is 226 g/mol. The van der Waals surface area contributed by atoms with Crippen LogP contribution in [0.2, 0.25) is 0 Å². The minimum absolute atomic E-state index is 0.621. The number of likely N-dealkylation sites (N-methyl/N-ethyl adjacent to an activating group) is 1. The lowest BCUT2D eigenvalue weighted by Gasteiger charge is -2.27. The molecule has 2 saturated carbocycles. The van der Waals surface area contributed by atoms with Crippen molar-refractivity contribution >= 4 is 5.97 Å². The Morgan fingerprint density at radius 2 is 2.06 bits per heavy atom. The van der Waals surface area contributed by atoms with Crippen LogP contribution in [0.15, 0.2) is 0 Å². The summed E-state index contributed by atoms with van der Waals surface area (Å²) in [6.07, 6.45) is 6.27. The molecule has 2 N–H and O–H groups in total. The van der Waals surface area contributed by atoms with E-state index < -0.39 is 11.5 Å². The fourth-order valence-corrected chi connectivity index (χ4v) is 2.61. The molecule has 92 valence electrons. The average molecular weight is 226 g/mol. The number of nitrogens with one attached hydrogen (secondary N) is 1. The van der Waals surface area contributed by atoms with Crippen LogP contribution in [0.4, 0.5) is 0 Å². The van der Waals surface area contributed by atoms with E-state index in [-0.39, 0.29) is 0 Å². The van der Waals surface area contributed by atoms with Gasteiger partial charge in [-0.1, -0.05) is 12.8 Å². The highest BCUT2D eigenvalue weighted by molar-refractivity contribution is 5.79. The first-order valence-electron chi connectivity index (χ1n) is 6.33. The van der Waals surface area contributed by atoms with E-state index in [1.807, 2.05) is 0 Å². The first-order valence-corrected chi connectivity index (χ1v) is 6.33. The second-order valence-electron chi connectivity index (χ2n) is 5.23. The molecule has 0 aromatic rings. The van der Waals surface area contributed by atoms with Gasteiger partial charge in [-0.15, -0.1) is 0 Å². The number of hydrogen-bond donors (Lipinski definition) is 2. The maximum absolute atomic E-state index is 11.3. The van der Waals surface area contributed by atoms with Crippen molar-refractivity contribution in [3.63, 3.8) is 0 Å². The Hall–Kier alpha value is -0.610. The molecule has 4 nitrogen and oxygen atoms in total. The summed E-state index contributed by atoms with van der Waals surface area (Å²) < 4.78 is 0. The normalized spacial score (nSPS) is 23.9. The maximum Gasteiger partial charge on any atom is 0.323 e. The predicted molar refractivity (Wildman–Crippen MR) is 62.5 cm³/mol. The minimum atomic E-state index is -0.668. The van der Waals surface area contributed by atoms with Gasteiger partial charge in [0.05, 0.1) is 0 Å². The van der Waals surface area contributed by atoms with Crippen LogP contribution in [-0.2, 0) is 4.79 Å². The summed E-state index contributed by atoms with van der Waals surface area (Å²) in [4.78, 5) is 13.6. The molecule has 2 aliphatic carbocycles. The summed E-state index contributed by atoms with van der Waals surface area (Å²) in [6, 6.07) is 0.756. The number of hydrogen-bond acceptors (Lipinski definition) is 3. The molecule has 0 aromatic heterocycles. The number of carbonyl (C=O) groups is 1. The third kappa shape index (κ3) is 2.55. The van der Waals surface area contributed by atoms with Crippen LogP contribution in [0.1, 0.15) is 38.5 Å². The lowest BCUT2D eigenvalue weighted by Crippen LogP contribution is -2.51. The molecule has 0 spiro atoms. The van der Waals surface area contributed by atoms with Crippen LogP contribution in [0.25, 0.3) is 0 Å². The fourth-order valence-electron chi connectivity index (χ4n) is 2.61. The molecule has 16 heavy (non-hydrogen) atoms. The highest BCUT2D eigenvalue weighted by Gasteiger charge is 2.40. The zero-order valence-electron chi connectivity index (χ0n) is 10.0. The lowest BCUT2D eigenvalue weighted by atomic mass is 9.98. The van der Waals surface area contributed by atoms with E-state index in [2.05, 4.69) is 17.3 Å². The zero-order valence-corrected chi connectivity index (χ0v) is 10.0. The molecule has 2 rings (SSSR count).